The van der Waals surface area contributed by atoms with Crippen LogP contribution in [0.3, 0.4) is 0 Å². The third-order valence-electron chi connectivity index (χ3n) is 4.01. The molecule has 1 aliphatic heterocycles. The van der Waals surface area contributed by atoms with E-state index in [1.54, 1.807) is 23.2 Å². The summed E-state index contributed by atoms with van der Waals surface area (Å²) in [6.07, 6.45) is 1.12. The molecule has 1 aromatic carbocycles. The van der Waals surface area contributed by atoms with Crippen molar-refractivity contribution in [2.75, 3.05) is 31.1 Å². The van der Waals surface area contributed by atoms with Gasteiger partial charge in [0.2, 0.25) is 11.8 Å². The Hall–Kier alpha value is -3.09. The van der Waals surface area contributed by atoms with Gasteiger partial charge in [0.1, 0.15) is 13.2 Å². The lowest BCUT2D eigenvalue weighted by Gasteiger charge is -2.33. The molecule has 7 nitrogen and oxygen atoms in total. The minimum absolute atomic E-state index is 0.0131. The maximum Gasteiger partial charge on any atom is 0.410 e. The fourth-order valence-electron chi connectivity index (χ4n) is 2.68. The van der Waals surface area contributed by atoms with Gasteiger partial charge in [-0.1, -0.05) is 30.3 Å². The molecule has 0 radical (unpaired) electrons. The number of nitrogens with zero attached hydrogens (tertiary/aromatic N) is 3. The van der Waals surface area contributed by atoms with Gasteiger partial charge in [-0.15, -0.1) is 0 Å². The fraction of sp³-hybridized carbons (Fsp3) is 0.316. The van der Waals surface area contributed by atoms with Crippen molar-refractivity contribution in [1.29, 1.82) is 0 Å². The number of hydrogen-bond donors (Lipinski definition) is 0. The summed E-state index contributed by atoms with van der Waals surface area (Å²) in [7, 11) is 0. The first-order valence-electron chi connectivity index (χ1n) is 8.52. The Balaban J connectivity index is 1.54. The molecule has 1 aliphatic rings. The molecular weight excluding hydrogens is 334 g/mol. The topological polar surface area (TPSA) is 72.0 Å². The van der Waals surface area contributed by atoms with Crippen LogP contribution in [0.25, 0.3) is 0 Å². The summed E-state index contributed by atoms with van der Waals surface area (Å²) in [5, 5.41) is 0. The molecule has 3 rings (SSSR count). The van der Waals surface area contributed by atoms with Crippen LogP contribution >= 0.6 is 0 Å². The predicted octanol–water partition coefficient (Wildman–Crippen LogP) is 2.47. The van der Waals surface area contributed by atoms with Crippen LogP contribution < -0.4 is 9.64 Å². The van der Waals surface area contributed by atoms with Crippen molar-refractivity contribution >= 4 is 17.7 Å². The third-order valence-corrected chi connectivity index (χ3v) is 4.01. The van der Waals surface area contributed by atoms with Gasteiger partial charge in [0, 0.05) is 19.2 Å². The van der Waals surface area contributed by atoms with E-state index < -0.39 is 6.09 Å². The summed E-state index contributed by atoms with van der Waals surface area (Å²) in [4.78, 5) is 31.8. The van der Waals surface area contributed by atoms with Crippen molar-refractivity contribution < 1.29 is 19.1 Å². The molecular formula is C19H21N3O4. The van der Waals surface area contributed by atoms with Crippen LogP contribution in [0.2, 0.25) is 0 Å². The SMILES string of the molecule is CCOc1ccc(N2CCN(C(=O)OCc3ccccc3)CC2=O)cn1. The zero-order valence-corrected chi connectivity index (χ0v) is 14.6. The van der Waals surface area contributed by atoms with E-state index in [-0.39, 0.29) is 19.1 Å². The Morgan fingerprint density at radius 3 is 2.62 bits per heavy atom. The smallest absolute Gasteiger partial charge is 0.410 e. The molecule has 0 unspecified atom stereocenters. The fourth-order valence-corrected chi connectivity index (χ4v) is 2.68. The molecule has 0 bridgehead atoms. The summed E-state index contributed by atoms with van der Waals surface area (Å²) in [5.41, 5.74) is 1.60. The standard InChI is InChI=1S/C19H21N3O4/c1-2-25-17-9-8-16(12-20-17)22-11-10-21(13-18(22)23)19(24)26-14-15-6-4-3-5-7-15/h3-9,12H,2,10-11,13-14H2,1H3. The van der Waals surface area contributed by atoms with Crippen LogP contribution in [0.15, 0.2) is 48.7 Å². The highest BCUT2D eigenvalue weighted by molar-refractivity contribution is 5.97. The summed E-state index contributed by atoms with van der Waals surface area (Å²) in [6, 6.07) is 13.0. The number of anilines is 1. The molecule has 7 heteroatoms. The number of ether oxygens (including phenoxy) is 2. The van der Waals surface area contributed by atoms with Crippen molar-refractivity contribution in [2.24, 2.45) is 0 Å². The summed E-state index contributed by atoms with van der Waals surface area (Å²) < 4.78 is 10.6. The number of carbonyl (C=O) groups is 2. The van der Waals surface area contributed by atoms with Gasteiger partial charge >= 0.3 is 6.09 Å². The highest BCUT2D eigenvalue weighted by Gasteiger charge is 2.29. The van der Waals surface area contributed by atoms with E-state index >= 15 is 0 Å². The first-order chi connectivity index (χ1) is 12.7. The van der Waals surface area contributed by atoms with Crippen molar-refractivity contribution in [3.63, 3.8) is 0 Å². The predicted molar refractivity (Wildman–Crippen MR) is 96.0 cm³/mol. The van der Waals surface area contributed by atoms with Crippen molar-refractivity contribution in [3.8, 4) is 5.88 Å². The van der Waals surface area contributed by atoms with Gasteiger partial charge in [0.05, 0.1) is 18.5 Å². The first kappa shape index (κ1) is 17.7. The van der Waals surface area contributed by atoms with Crippen LogP contribution in [0.4, 0.5) is 10.5 Å². The van der Waals surface area contributed by atoms with Crippen LogP contribution in [0.1, 0.15) is 12.5 Å². The Bertz CT molecular complexity index is 749. The number of benzene rings is 1. The second kappa shape index (κ2) is 8.33. The minimum atomic E-state index is -0.480. The second-order valence-corrected chi connectivity index (χ2v) is 5.79. The third kappa shape index (κ3) is 4.30. The van der Waals surface area contributed by atoms with Gasteiger partial charge in [0.15, 0.2) is 0 Å². The second-order valence-electron chi connectivity index (χ2n) is 5.79. The normalized spacial score (nSPS) is 14.3. The Labute approximate surface area is 152 Å². The summed E-state index contributed by atoms with van der Waals surface area (Å²) >= 11 is 0. The lowest BCUT2D eigenvalue weighted by molar-refractivity contribution is -0.120. The van der Waals surface area contributed by atoms with Gasteiger partial charge in [0.25, 0.3) is 0 Å². The van der Waals surface area contributed by atoms with Gasteiger partial charge in [-0.25, -0.2) is 9.78 Å². The molecule has 1 aromatic heterocycles. The number of amides is 2. The zero-order chi connectivity index (χ0) is 18.4. The molecule has 0 aliphatic carbocycles. The van der Waals surface area contributed by atoms with Crippen LogP contribution in [0, 0.1) is 0 Å². The number of pyridine rings is 1. The molecule has 0 saturated carbocycles. The van der Waals surface area contributed by atoms with Crippen molar-refractivity contribution in [3.05, 3.63) is 54.2 Å². The van der Waals surface area contributed by atoms with Crippen molar-refractivity contribution in [2.45, 2.75) is 13.5 Å². The number of hydrogen-bond acceptors (Lipinski definition) is 5. The first-order valence-corrected chi connectivity index (χ1v) is 8.52. The minimum Gasteiger partial charge on any atom is -0.478 e. The molecule has 26 heavy (non-hydrogen) atoms. The van der Waals surface area contributed by atoms with Crippen LogP contribution in [-0.4, -0.2) is 48.1 Å². The van der Waals surface area contributed by atoms with E-state index in [2.05, 4.69) is 4.98 Å². The highest BCUT2D eigenvalue weighted by Crippen LogP contribution is 2.19. The monoisotopic (exact) mass is 355 g/mol. The number of rotatable bonds is 5. The molecule has 0 N–H and O–H groups in total. The molecule has 1 fully saturated rings. The van der Waals surface area contributed by atoms with E-state index in [0.717, 1.165) is 5.56 Å². The van der Waals surface area contributed by atoms with E-state index in [0.29, 0.717) is 31.3 Å². The number of aromatic nitrogens is 1. The van der Waals surface area contributed by atoms with Crippen LogP contribution in [-0.2, 0) is 16.1 Å². The average Bonchev–Trinajstić information content (AvgIpc) is 2.68. The Morgan fingerprint density at radius 2 is 1.96 bits per heavy atom. The van der Waals surface area contributed by atoms with E-state index in [9.17, 15) is 9.59 Å². The Kier molecular flexibility index (Phi) is 5.68. The van der Waals surface area contributed by atoms with Crippen molar-refractivity contribution in [1.82, 2.24) is 9.88 Å². The number of piperazine rings is 1. The Morgan fingerprint density at radius 1 is 1.15 bits per heavy atom. The zero-order valence-electron chi connectivity index (χ0n) is 14.6. The van der Waals surface area contributed by atoms with Gasteiger partial charge < -0.3 is 14.4 Å². The molecule has 0 atom stereocenters. The van der Waals surface area contributed by atoms with E-state index in [4.69, 9.17) is 9.47 Å². The molecule has 0 spiro atoms. The molecule has 2 amide bonds. The average molecular weight is 355 g/mol. The van der Waals surface area contributed by atoms with Crippen LogP contribution in [0.5, 0.6) is 5.88 Å². The quantitative estimate of drug-likeness (QED) is 0.824. The summed E-state index contributed by atoms with van der Waals surface area (Å²) in [5.74, 6) is 0.352. The van der Waals surface area contributed by atoms with E-state index in [1.807, 2.05) is 37.3 Å². The molecule has 2 heterocycles. The number of carbonyl (C=O) groups excluding carboxylic acids is 2. The summed E-state index contributed by atoms with van der Waals surface area (Å²) in [6.45, 7) is 3.41. The molecule has 136 valence electrons. The lowest BCUT2D eigenvalue weighted by Crippen LogP contribution is -2.52. The highest BCUT2D eigenvalue weighted by atomic mass is 16.6. The molecule has 2 aromatic rings. The maximum atomic E-state index is 12.4. The largest absolute Gasteiger partial charge is 0.478 e. The van der Waals surface area contributed by atoms with E-state index in [1.165, 1.54) is 4.90 Å². The van der Waals surface area contributed by atoms with Gasteiger partial charge in [-0.3, -0.25) is 9.69 Å². The maximum absolute atomic E-state index is 12.4. The molecule has 1 saturated heterocycles. The van der Waals surface area contributed by atoms with Gasteiger partial charge in [-0.05, 0) is 18.6 Å². The lowest BCUT2D eigenvalue weighted by atomic mass is 10.2. The van der Waals surface area contributed by atoms with Gasteiger partial charge in [-0.2, -0.15) is 0 Å².